The molecular formula is C21H29N3O. The molecule has 1 N–H and O–H groups in total. The molecule has 134 valence electrons. The Morgan fingerprint density at radius 1 is 1.12 bits per heavy atom. The molecule has 25 heavy (non-hydrogen) atoms. The van der Waals surface area contributed by atoms with Crippen molar-refractivity contribution in [1.82, 2.24) is 9.88 Å². The third-order valence-corrected chi connectivity index (χ3v) is 5.67. The van der Waals surface area contributed by atoms with E-state index in [1.807, 2.05) is 7.05 Å². The summed E-state index contributed by atoms with van der Waals surface area (Å²) in [5.41, 5.74) is 5.18. The Morgan fingerprint density at radius 2 is 1.92 bits per heavy atom. The summed E-state index contributed by atoms with van der Waals surface area (Å²) in [4.78, 5) is 7.40. The molecule has 1 saturated heterocycles. The van der Waals surface area contributed by atoms with Crippen LogP contribution in [-0.4, -0.2) is 43.2 Å². The van der Waals surface area contributed by atoms with Crippen LogP contribution in [0.3, 0.4) is 0 Å². The fourth-order valence-electron chi connectivity index (χ4n) is 4.34. The minimum Gasteiger partial charge on any atom is -0.493 e. The molecule has 4 rings (SSSR count). The van der Waals surface area contributed by atoms with Crippen molar-refractivity contribution in [2.24, 2.45) is 0 Å². The van der Waals surface area contributed by atoms with Crippen LogP contribution in [0.4, 0.5) is 5.82 Å². The largest absolute Gasteiger partial charge is 0.493 e. The number of likely N-dealkylation sites (tertiary alicyclic amines) is 1. The van der Waals surface area contributed by atoms with E-state index in [0.717, 1.165) is 43.1 Å². The van der Waals surface area contributed by atoms with Crippen molar-refractivity contribution in [2.45, 2.75) is 45.4 Å². The zero-order chi connectivity index (χ0) is 17.2. The normalized spacial score (nSPS) is 17.2. The van der Waals surface area contributed by atoms with Gasteiger partial charge in [-0.15, -0.1) is 0 Å². The van der Waals surface area contributed by atoms with Crippen molar-refractivity contribution in [3.63, 3.8) is 0 Å². The number of benzene rings is 1. The summed E-state index contributed by atoms with van der Waals surface area (Å²) >= 11 is 0. The third kappa shape index (κ3) is 3.32. The molecule has 0 spiro atoms. The van der Waals surface area contributed by atoms with E-state index in [4.69, 9.17) is 9.72 Å². The van der Waals surface area contributed by atoms with Crippen molar-refractivity contribution >= 4 is 16.7 Å². The molecule has 1 aliphatic heterocycles. The molecule has 4 heteroatoms. The van der Waals surface area contributed by atoms with Gasteiger partial charge < -0.3 is 15.0 Å². The van der Waals surface area contributed by atoms with Gasteiger partial charge in [0.1, 0.15) is 11.6 Å². The first-order chi connectivity index (χ1) is 12.3. The third-order valence-electron chi connectivity index (χ3n) is 5.67. The van der Waals surface area contributed by atoms with Gasteiger partial charge in [0.2, 0.25) is 0 Å². The Kier molecular flexibility index (Phi) is 4.80. The molecule has 1 aliphatic carbocycles. The number of pyridine rings is 1. The maximum absolute atomic E-state index is 6.11. The van der Waals surface area contributed by atoms with Gasteiger partial charge in [-0.3, -0.25) is 0 Å². The second-order valence-corrected chi connectivity index (χ2v) is 7.41. The molecule has 1 fully saturated rings. The summed E-state index contributed by atoms with van der Waals surface area (Å²) in [6.07, 6.45) is 7.35. The van der Waals surface area contributed by atoms with Crippen molar-refractivity contribution in [3.8, 4) is 5.75 Å². The van der Waals surface area contributed by atoms with Crippen molar-refractivity contribution in [3.05, 3.63) is 28.8 Å². The molecule has 0 radical (unpaired) electrons. The fraction of sp³-hybridized carbons (Fsp3) is 0.571. The maximum Gasteiger partial charge on any atom is 0.129 e. The van der Waals surface area contributed by atoms with Crippen LogP contribution in [0.5, 0.6) is 5.75 Å². The van der Waals surface area contributed by atoms with Gasteiger partial charge in [-0.1, -0.05) is 0 Å². The van der Waals surface area contributed by atoms with Crippen LogP contribution in [0, 0.1) is 6.92 Å². The molecule has 1 aromatic heterocycles. The first-order valence-electron chi connectivity index (χ1n) is 9.75. The van der Waals surface area contributed by atoms with Crippen molar-refractivity contribution in [2.75, 3.05) is 38.6 Å². The molecule has 2 heterocycles. The zero-order valence-electron chi connectivity index (χ0n) is 15.5. The molecule has 0 bridgehead atoms. The lowest BCUT2D eigenvalue weighted by Gasteiger charge is -2.16. The lowest BCUT2D eigenvalue weighted by atomic mass is 10.0. The Labute approximate surface area is 150 Å². The quantitative estimate of drug-likeness (QED) is 0.809. The van der Waals surface area contributed by atoms with Gasteiger partial charge in [0.15, 0.2) is 0 Å². The molecule has 0 amide bonds. The van der Waals surface area contributed by atoms with Gasteiger partial charge in [0.25, 0.3) is 0 Å². The fourth-order valence-corrected chi connectivity index (χ4v) is 4.34. The van der Waals surface area contributed by atoms with E-state index in [-0.39, 0.29) is 0 Å². The smallest absolute Gasteiger partial charge is 0.129 e. The van der Waals surface area contributed by atoms with E-state index in [9.17, 15) is 0 Å². The standard InChI is InChI=1S/C21H29N3O/c1-15-13-18-16-7-5-8-17(16)21(22-2)23-19(18)14-20(15)25-12-6-11-24-9-3-4-10-24/h13-14H,3-12H2,1-2H3,(H,22,23). The lowest BCUT2D eigenvalue weighted by molar-refractivity contribution is 0.262. The van der Waals surface area contributed by atoms with E-state index >= 15 is 0 Å². The zero-order valence-corrected chi connectivity index (χ0v) is 15.5. The number of aryl methyl sites for hydroxylation is 2. The Bertz CT molecular complexity index is 766. The molecule has 4 nitrogen and oxygen atoms in total. The average molecular weight is 339 g/mol. The second kappa shape index (κ2) is 7.20. The number of hydrogen-bond donors (Lipinski definition) is 1. The Morgan fingerprint density at radius 3 is 2.72 bits per heavy atom. The minimum absolute atomic E-state index is 0.784. The van der Waals surface area contributed by atoms with Gasteiger partial charge in [-0.2, -0.15) is 0 Å². The Balaban J connectivity index is 1.51. The number of nitrogens with one attached hydrogen (secondary N) is 1. The molecule has 0 atom stereocenters. The molecular weight excluding hydrogens is 310 g/mol. The lowest BCUT2D eigenvalue weighted by Crippen LogP contribution is -2.21. The van der Waals surface area contributed by atoms with E-state index in [0.29, 0.717) is 0 Å². The van der Waals surface area contributed by atoms with E-state index < -0.39 is 0 Å². The number of aromatic nitrogens is 1. The number of ether oxygens (including phenoxy) is 1. The number of rotatable bonds is 6. The summed E-state index contributed by atoms with van der Waals surface area (Å²) in [5, 5.41) is 4.59. The predicted octanol–water partition coefficient (Wildman–Crippen LogP) is 3.94. The van der Waals surface area contributed by atoms with Gasteiger partial charge in [0, 0.05) is 25.0 Å². The number of nitrogens with zero attached hydrogens (tertiary/aromatic N) is 2. The molecule has 2 aliphatic rings. The first-order valence-corrected chi connectivity index (χ1v) is 9.75. The molecule has 1 aromatic carbocycles. The van der Waals surface area contributed by atoms with Crippen LogP contribution in [0.1, 0.15) is 42.4 Å². The topological polar surface area (TPSA) is 37.4 Å². The van der Waals surface area contributed by atoms with Crippen molar-refractivity contribution < 1.29 is 4.74 Å². The SMILES string of the molecule is CNc1nc2cc(OCCCN3CCCC3)c(C)cc2c2c1CCC2. The highest BCUT2D eigenvalue weighted by molar-refractivity contribution is 5.88. The second-order valence-electron chi connectivity index (χ2n) is 7.41. The van der Waals surface area contributed by atoms with Crippen LogP contribution >= 0.6 is 0 Å². The van der Waals surface area contributed by atoms with Crippen LogP contribution in [0.15, 0.2) is 12.1 Å². The highest BCUT2D eigenvalue weighted by Gasteiger charge is 2.20. The van der Waals surface area contributed by atoms with E-state index in [2.05, 4.69) is 29.3 Å². The van der Waals surface area contributed by atoms with Gasteiger partial charge >= 0.3 is 0 Å². The van der Waals surface area contributed by atoms with Crippen molar-refractivity contribution in [1.29, 1.82) is 0 Å². The van der Waals surface area contributed by atoms with Crippen LogP contribution in [0.25, 0.3) is 10.9 Å². The summed E-state index contributed by atoms with van der Waals surface area (Å²) in [5.74, 6) is 2.03. The summed E-state index contributed by atoms with van der Waals surface area (Å²) in [7, 11) is 1.97. The van der Waals surface area contributed by atoms with Crippen LogP contribution in [0.2, 0.25) is 0 Å². The van der Waals surface area contributed by atoms with Gasteiger partial charge in [-0.25, -0.2) is 4.98 Å². The van der Waals surface area contributed by atoms with Gasteiger partial charge in [0.05, 0.1) is 12.1 Å². The van der Waals surface area contributed by atoms with Crippen LogP contribution in [-0.2, 0) is 12.8 Å². The monoisotopic (exact) mass is 339 g/mol. The summed E-state index contributed by atoms with van der Waals surface area (Å²) in [6.45, 7) is 6.62. The summed E-state index contributed by atoms with van der Waals surface area (Å²) in [6, 6.07) is 4.42. The Hall–Kier alpha value is -1.81. The summed E-state index contributed by atoms with van der Waals surface area (Å²) < 4.78 is 6.11. The molecule has 0 saturated carbocycles. The maximum atomic E-state index is 6.11. The molecule has 0 unspecified atom stereocenters. The van der Waals surface area contributed by atoms with Crippen LogP contribution < -0.4 is 10.1 Å². The first kappa shape index (κ1) is 16.6. The minimum atomic E-state index is 0.784. The number of hydrogen-bond acceptors (Lipinski definition) is 4. The highest BCUT2D eigenvalue weighted by atomic mass is 16.5. The number of fused-ring (bicyclic) bond motifs is 3. The highest BCUT2D eigenvalue weighted by Crippen LogP contribution is 2.36. The average Bonchev–Trinajstić information content (AvgIpc) is 3.30. The molecule has 2 aromatic rings. The number of anilines is 1. The van der Waals surface area contributed by atoms with E-state index in [1.165, 1.54) is 60.8 Å². The van der Waals surface area contributed by atoms with E-state index in [1.54, 1.807) is 0 Å². The van der Waals surface area contributed by atoms with Gasteiger partial charge in [-0.05, 0) is 81.3 Å². The predicted molar refractivity (Wildman–Crippen MR) is 104 cm³/mol.